The van der Waals surface area contributed by atoms with Gasteiger partial charge in [-0.3, -0.25) is 19.0 Å². The van der Waals surface area contributed by atoms with Crippen LogP contribution < -0.4 is 16.2 Å². The quantitative estimate of drug-likeness (QED) is 0.195. The molecule has 0 saturated carbocycles. The maximum atomic E-state index is 13.0. The van der Waals surface area contributed by atoms with Crippen LogP contribution in [0.1, 0.15) is 59.4 Å². The Hall–Kier alpha value is -2.38. The standard InChI is InChI=1S/C27H37ClN4O4S/c1-7-23(34)22(29-6)11-18(33)13-32-15-30-21-10-17(20(28)12-19(21)24(32)35)8-9-26(2,3)14-27(4,5)25(36)31-16-37/h10,12,15,22-23,29,34,37H,7,11,13-14,16H2,1-6H3,(H,31,36). The van der Waals surface area contributed by atoms with Crippen molar-refractivity contribution in [3.63, 3.8) is 0 Å². The van der Waals surface area contributed by atoms with E-state index in [-0.39, 0.29) is 47.5 Å². The van der Waals surface area contributed by atoms with Crippen molar-refractivity contribution < 1.29 is 14.7 Å². The zero-order chi connectivity index (χ0) is 28.0. The first-order valence-electron chi connectivity index (χ1n) is 12.2. The van der Waals surface area contributed by atoms with Gasteiger partial charge < -0.3 is 15.7 Å². The van der Waals surface area contributed by atoms with E-state index < -0.39 is 16.9 Å². The van der Waals surface area contributed by atoms with E-state index in [1.165, 1.54) is 17.0 Å². The highest BCUT2D eigenvalue weighted by Gasteiger charge is 2.33. The molecule has 0 bridgehead atoms. The molecular formula is C27H37ClN4O4S. The number of benzene rings is 1. The molecule has 0 spiro atoms. The van der Waals surface area contributed by atoms with E-state index in [9.17, 15) is 19.5 Å². The van der Waals surface area contributed by atoms with Crippen molar-refractivity contribution >= 4 is 46.8 Å². The van der Waals surface area contributed by atoms with Crippen molar-refractivity contribution in [2.75, 3.05) is 12.9 Å². The zero-order valence-corrected chi connectivity index (χ0v) is 24.0. The molecule has 0 aliphatic carbocycles. The van der Waals surface area contributed by atoms with Gasteiger partial charge in [0, 0.05) is 28.9 Å². The highest BCUT2D eigenvalue weighted by atomic mass is 35.5. The van der Waals surface area contributed by atoms with Crippen LogP contribution in [-0.4, -0.2) is 51.4 Å². The van der Waals surface area contributed by atoms with E-state index in [0.29, 0.717) is 28.9 Å². The largest absolute Gasteiger partial charge is 0.392 e. The molecule has 0 aliphatic rings. The third-order valence-electron chi connectivity index (χ3n) is 6.23. The number of thiol groups is 1. The summed E-state index contributed by atoms with van der Waals surface area (Å²) in [5.41, 5.74) is -0.577. The first kappa shape index (κ1) is 30.8. The molecule has 3 N–H and O–H groups in total. The number of aromatic nitrogens is 2. The summed E-state index contributed by atoms with van der Waals surface area (Å²) in [4.78, 5) is 42.3. The highest BCUT2D eigenvalue weighted by molar-refractivity contribution is 7.80. The first-order valence-corrected chi connectivity index (χ1v) is 13.2. The maximum Gasteiger partial charge on any atom is 0.261 e. The van der Waals surface area contributed by atoms with Crippen LogP contribution in [0.2, 0.25) is 5.02 Å². The lowest BCUT2D eigenvalue weighted by molar-refractivity contribution is -0.130. The topological polar surface area (TPSA) is 113 Å². The van der Waals surface area contributed by atoms with E-state index in [1.807, 2.05) is 34.6 Å². The second-order valence-electron chi connectivity index (χ2n) is 10.5. The minimum absolute atomic E-state index is 0.0914. The van der Waals surface area contributed by atoms with Crippen LogP contribution in [0.15, 0.2) is 23.3 Å². The molecule has 1 heterocycles. The molecule has 0 aliphatic heterocycles. The van der Waals surface area contributed by atoms with Crippen LogP contribution in [-0.2, 0) is 16.1 Å². The lowest BCUT2D eigenvalue weighted by atomic mass is 9.75. The van der Waals surface area contributed by atoms with Crippen LogP contribution >= 0.6 is 24.2 Å². The van der Waals surface area contributed by atoms with E-state index in [2.05, 4.69) is 40.1 Å². The number of fused-ring (bicyclic) bond motifs is 1. The van der Waals surface area contributed by atoms with Crippen molar-refractivity contribution in [1.82, 2.24) is 20.2 Å². The molecule has 10 heteroatoms. The van der Waals surface area contributed by atoms with E-state index in [1.54, 1.807) is 13.1 Å². The Labute approximate surface area is 229 Å². The minimum atomic E-state index is -0.653. The number of aliphatic hydroxyl groups is 1. The van der Waals surface area contributed by atoms with Crippen molar-refractivity contribution in [1.29, 1.82) is 0 Å². The summed E-state index contributed by atoms with van der Waals surface area (Å²) in [5.74, 6) is 6.27. The summed E-state index contributed by atoms with van der Waals surface area (Å²) in [6.45, 7) is 9.32. The Kier molecular flexibility index (Phi) is 10.8. The summed E-state index contributed by atoms with van der Waals surface area (Å²) < 4.78 is 1.25. The Bertz CT molecular complexity index is 1260. The predicted molar refractivity (Wildman–Crippen MR) is 151 cm³/mol. The number of carbonyl (C=O) groups excluding carboxylic acids is 2. The minimum Gasteiger partial charge on any atom is -0.392 e. The molecule has 1 amide bonds. The van der Waals surface area contributed by atoms with Gasteiger partial charge in [-0.05, 0) is 45.9 Å². The number of likely N-dealkylation sites (N-methyl/N-ethyl adjacent to an activating group) is 1. The fourth-order valence-corrected chi connectivity index (χ4v) is 4.73. The molecule has 1 aromatic heterocycles. The fraction of sp³-hybridized carbons (Fsp3) is 0.556. The molecule has 2 aromatic rings. The number of amides is 1. The molecule has 8 nitrogen and oxygen atoms in total. The van der Waals surface area contributed by atoms with Crippen LogP contribution in [0, 0.1) is 22.7 Å². The van der Waals surface area contributed by atoms with Gasteiger partial charge >= 0.3 is 0 Å². The number of nitrogens with one attached hydrogen (secondary N) is 2. The van der Waals surface area contributed by atoms with Crippen LogP contribution in [0.4, 0.5) is 0 Å². The van der Waals surface area contributed by atoms with Gasteiger partial charge in [0.1, 0.15) is 0 Å². The number of hydrogen-bond acceptors (Lipinski definition) is 7. The average molecular weight is 549 g/mol. The van der Waals surface area contributed by atoms with Gasteiger partial charge in [-0.2, -0.15) is 12.6 Å². The van der Waals surface area contributed by atoms with Crippen LogP contribution in [0.25, 0.3) is 10.9 Å². The molecule has 0 fully saturated rings. The Morgan fingerprint density at radius 2 is 1.95 bits per heavy atom. The normalized spacial score (nSPS) is 13.5. The van der Waals surface area contributed by atoms with Gasteiger partial charge in [0.15, 0.2) is 5.78 Å². The lowest BCUT2D eigenvalue weighted by Gasteiger charge is -2.30. The van der Waals surface area contributed by atoms with Crippen LogP contribution in [0.3, 0.4) is 0 Å². The average Bonchev–Trinajstić information content (AvgIpc) is 2.82. The summed E-state index contributed by atoms with van der Waals surface area (Å²) in [7, 11) is 1.69. The smallest absolute Gasteiger partial charge is 0.261 e. The molecule has 0 saturated heterocycles. The van der Waals surface area contributed by atoms with Gasteiger partial charge in [0.25, 0.3) is 5.56 Å². The van der Waals surface area contributed by atoms with Crippen molar-refractivity contribution in [2.24, 2.45) is 10.8 Å². The maximum absolute atomic E-state index is 13.0. The Morgan fingerprint density at radius 1 is 1.27 bits per heavy atom. The van der Waals surface area contributed by atoms with E-state index in [0.717, 1.165) is 0 Å². The third-order valence-corrected chi connectivity index (χ3v) is 6.71. The summed E-state index contributed by atoms with van der Waals surface area (Å²) in [6.07, 6.45) is 1.80. The first-order chi connectivity index (χ1) is 17.2. The van der Waals surface area contributed by atoms with Crippen LogP contribution in [0.5, 0.6) is 0 Å². The monoisotopic (exact) mass is 548 g/mol. The number of nitrogens with zero attached hydrogens (tertiary/aromatic N) is 2. The SMILES string of the molecule is CCC(O)C(CC(=O)Cn1cnc2cc(C#CC(C)(C)CC(C)(C)C(=O)NCS)c(Cl)cc2c1=O)NC. The molecule has 1 aromatic carbocycles. The molecular weight excluding hydrogens is 512 g/mol. The van der Waals surface area contributed by atoms with E-state index >= 15 is 0 Å². The Balaban J connectivity index is 2.28. The number of aliphatic hydroxyl groups excluding tert-OH is 1. The molecule has 2 unspecified atom stereocenters. The summed E-state index contributed by atoms with van der Waals surface area (Å²) >= 11 is 10.5. The molecule has 0 radical (unpaired) electrons. The second kappa shape index (κ2) is 12.9. The number of rotatable bonds is 11. The lowest BCUT2D eigenvalue weighted by Crippen LogP contribution is -2.40. The number of Topliss-reactive ketones (excluding diaryl/α,β-unsaturated/α-hetero) is 1. The van der Waals surface area contributed by atoms with Crippen molar-refractivity contribution in [3.05, 3.63) is 39.4 Å². The summed E-state index contributed by atoms with van der Waals surface area (Å²) in [6, 6.07) is 2.79. The molecule has 37 heavy (non-hydrogen) atoms. The van der Waals surface area contributed by atoms with Gasteiger partial charge in [-0.1, -0.05) is 44.2 Å². The van der Waals surface area contributed by atoms with E-state index in [4.69, 9.17) is 11.6 Å². The third kappa shape index (κ3) is 8.30. The van der Waals surface area contributed by atoms with Gasteiger partial charge in [-0.15, -0.1) is 0 Å². The number of halogens is 1. The van der Waals surface area contributed by atoms with Crippen molar-refractivity contribution in [2.45, 2.75) is 72.6 Å². The van der Waals surface area contributed by atoms with Gasteiger partial charge in [-0.25, -0.2) is 4.98 Å². The second-order valence-corrected chi connectivity index (χ2v) is 11.2. The molecule has 202 valence electrons. The Morgan fingerprint density at radius 3 is 2.54 bits per heavy atom. The fourth-order valence-electron chi connectivity index (χ4n) is 4.38. The number of carbonyl (C=O) groups is 2. The van der Waals surface area contributed by atoms with Gasteiger partial charge in [0.05, 0.1) is 40.8 Å². The molecule has 2 atom stereocenters. The van der Waals surface area contributed by atoms with Crippen molar-refractivity contribution in [3.8, 4) is 11.8 Å². The predicted octanol–water partition coefficient (Wildman–Crippen LogP) is 3.17. The number of hydrogen-bond donors (Lipinski definition) is 4. The highest BCUT2D eigenvalue weighted by Crippen LogP contribution is 2.33. The number of ketones is 1. The van der Waals surface area contributed by atoms with Gasteiger partial charge in [0.2, 0.25) is 5.91 Å². The summed E-state index contributed by atoms with van der Waals surface area (Å²) in [5, 5.41) is 16.3. The molecule has 2 rings (SSSR count). The zero-order valence-electron chi connectivity index (χ0n) is 22.3.